The highest BCUT2D eigenvalue weighted by atomic mass is 127. The number of nitro groups is 1. The maximum absolute atomic E-state index is 13.0. The Morgan fingerprint density at radius 2 is 1.66 bits per heavy atom. The van der Waals surface area contributed by atoms with Crippen LogP contribution in [0.25, 0.3) is 0 Å². The molecular formula is C17H10ClF3IN5O2. The lowest BCUT2D eigenvalue weighted by atomic mass is 10.2. The van der Waals surface area contributed by atoms with Crippen LogP contribution in [-0.4, -0.2) is 14.9 Å². The predicted octanol–water partition coefficient (Wildman–Crippen LogP) is 6.15. The van der Waals surface area contributed by atoms with Crippen molar-refractivity contribution >= 4 is 62.9 Å². The monoisotopic (exact) mass is 535 g/mol. The summed E-state index contributed by atoms with van der Waals surface area (Å²) in [6, 6.07) is 9.58. The summed E-state index contributed by atoms with van der Waals surface area (Å²) in [5.41, 5.74) is -1.14. The van der Waals surface area contributed by atoms with Gasteiger partial charge in [-0.3, -0.25) is 10.1 Å². The molecular weight excluding hydrogens is 526 g/mol. The number of hydrogen-bond acceptors (Lipinski definition) is 6. The number of benzene rings is 2. The van der Waals surface area contributed by atoms with E-state index in [1.54, 1.807) is 24.3 Å². The van der Waals surface area contributed by atoms with E-state index in [0.29, 0.717) is 5.69 Å². The van der Waals surface area contributed by atoms with Crippen molar-refractivity contribution in [3.63, 3.8) is 0 Å². The molecule has 150 valence electrons. The molecule has 1 heterocycles. The summed E-state index contributed by atoms with van der Waals surface area (Å²) in [7, 11) is 0. The molecule has 0 aliphatic carbocycles. The molecule has 0 aliphatic rings. The Bertz CT molecular complexity index is 1060. The van der Waals surface area contributed by atoms with Crippen LogP contribution in [0.3, 0.4) is 0 Å². The Kier molecular flexibility index (Phi) is 6.07. The van der Waals surface area contributed by atoms with E-state index in [1.807, 2.05) is 0 Å². The predicted molar refractivity (Wildman–Crippen MR) is 111 cm³/mol. The number of nitrogens with one attached hydrogen (secondary N) is 2. The topological polar surface area (TPSA) is 93.0 Å². The molecule has 7 nitrogen and oxygen atoms in total. The molecule has 0 unspecified atom stereocenters. The summed E-state index contributed by atoms with van der Waals surface area (Å²) in [5.74, 6) is -0.434. The lowest BCUT2D eigenvalue weighted by Gasteiger charge is -2.13. The molecule has 1 aromatic heterocycles. The average Bonchev–Trinajstić information content (AvgIpc) is 2.64. The summed E-state index contributed by atoms with van der Waals surface area (Å²) in [5, 5.41) is 16.9. The number of aromatic nitrogens is 2. The van der Waals surface area contributed by atoms with Crippen LogP contribution in [0.15, 0.2) is 48.8 Å². The number of hydrogen-bond donors (Lipinski definition) is 2. The van der Waals surface area contributed by atoms with Gasteiger partial charge in [-0.15, -0.1) is 0 Å². The minimum atomic E-state index is -4.60. The van der Waals surface area contributed by atoms with Crippen molar-refractivity contribution in [2.24, 2.45) is 0 Å². The number of anilines is 4. The van der Waals surface area contributed by atoms with E-state index in [2.05, 4.69) is 43.2 Å². The Labute approximate surface area is 180 Å². The number of halogens is 5. The molecule has 0 saturated carbocycles. The highest BCUT2D eigenvalue weighted by Gasteiger charge is 2.31. The van der Waals surface area contributed by atoms with Crippen LogP contribution in [0, 0.1) is 13.7 Å². The number of rotatable bonds is 5. The van der Waals surface area contributed by atoms with Gasteiger partial charge in [0.15, 0.2) is 0 Å². The minimum absolute atomic E-state index is 0.0574. The molecule has 0 aliphatic heterocycles. The van der Waals surface area contributed by atoms with E-state index >= 15 is 0 Å². The normalized spacial score (nSPS) is 11.2. The van der Waals surface area contributed by atoms with Crippen LogP contribution >= 0.6 is 34.2 Å². The zero-order valence-corrected chi connectivity index (χ0v) is 17.1. The fourth-order valence-electron chi connectivity index (χ4n) is 2.33. The number of alkyl halides is 3. The summed E-state index contributed by atoms with van der Waals surface area (Å²) in [6.45, 7) is 0. The molecule has 3 aromatic rings. The Balaban J connectivity index is 2.00. The second kappa shape index (κ2) is 8.37. The molecule has 12 heteroatoms. The third-order valence-electron chi connectivity index (χ3n) is 3.66. The summed E-state index contributed by atoms with van der Waals surface area (Å²) >= 11 is 8.06. The van der Waals surface area contributed by atoms with E-state index < -0.39 is 22.4 Å². The van der Waals surface area contributed by atoms with Crippen molar-refractivity contribution in [3.05, 3.63) is 73.1 Å². The first-order valence-electron chi connectivity index (χ1n) is 7.81. The van der Waals surface area contributed by atoms with E-state index in [9.17, 15) is 23.3 Å². The Hall–Kier alpha value is -2.67. The van der Waals surface area contributed by atoms with Crippen molar-refractivity contribution in [2.75, 3.05) is 10.6 Å². The molecule has 0 bridgehead atoms. The zero-order chi connectivity index (χ0) is 21.2. The SMILES string of the molecule is O=[N+]([O-])c1c(Nc2ccc(I)cc2)ncnc1Nc1cc(C(F)(F)F)ccc1Cl. The fraction of sp³-hybridized carbons (Fsp3) is 0.0588. The van der Waals surface area contributed by atoms with E-state index in [1.165, 1.54) is 0 Å². The third kappa shape index (κ3) is 5.03. The molecule has 2 N–H and O–H groups in total. The molecule has 0 atom stereocenters. The fourth-order valence-corrected chi connectivity index (χ4v) is 2.85. The van der Waals surface area contributed by atoms with Gasteiger partial charge in [-0.2, -0.15) is 13.2 Å². The van der Waals surface area contributed by atoms with Crippen LogP contribution in [-0.2, 0) is 6.18 Å². The largest absolute Gasteiger partial charge is 0.416 e. The minimum Gasteiger partial charge on any atom is -0.334 e. The molecule has 0 saturated heterocycles. The van der Waals surface area contributed by atoms with Gasteiger partial charge in [-0.05, 0) is 65.1 Å². The number of nitrogens with zero attached hydrogens (tertiary/aromatic N) is 3. The van der Waals surface area contributed by atoms with Gasteiger partial charge in [-0.1, -0.05) is 11.6 Å². The van der Waals surface area contributed by atoms with E-state index in [0.717, 1.165) is 28.1 Å². The average molecular weight is 536 g/mol. The first-order valence-corrected chi connectivity index (χ1v) is 9.26. The molecule has 0 amide bonds. The standard InChI is InChI=1S/C17H10ClF3IN5O2/c18-12-6-1-9(17(19,20)21)7-13(12)26-16-14(27(28)29)15(23-8-24-16)25-11-4-2-10(22)3-5-11/h1-8H,(H2,23,24,25,26). The smallest absolute Gasteiger partial charge is 0.334 e. The molecule has 0 radical (unpaired) electrons. The first-order chi connectivity index (χ1) is 13.6. The first kappa shape index (κ1) is 21.0. The van der Waals surface area contributed by atoms with Crippen LogP contribution in [0.5, 0.6) is 0 Å². The molecule has 0 spiro atoms. The molecule has 0 fully saturated rings. The maximum Gasteiger partial charge on any atom is 0.416 e. The summed E-state index contributed by atoms with van der Waals surface area (Å²) < 4.78 is 39.9. The van der Waals surface area contributed by atoms with Crippen LogP contribution in [0.2, 0.25) is 5.02 Å². The lowest BCUT2D eigenvalue weighted by Crippen LogP contribution is -2.08. The second-order valence-electron chi connectivity index (χ2n) is 5.63. The zero-order valence-electron chi connectivity index (χ0n) is 14.2. The molecule has 29 heavy (non-hydrogen) atoms. The third-order valence-corrected chi connectivity index (χ3v) is 4.71. The van der Waals surface area contributed by atoms with Gasteiger partial charge in [0.05, 0.1) is 21.2 Å². The van der Waals surface area contributed by atoms with Crippen molar-refractivity contribution < 1.29 is 18.1 Å². The van der Waals surface area contributed by atoms with Crippen molar-refractivity contribution in [3.8, 4) is 0 Å². The van der Waals surface area contributed by atoms with Gasteiger partial charge in [0, 0.05) is 9.26 Å². The van der Waals surface area contributed by atoms with Crippen LogP contribution in [0.1, 0.15) is 5.56 Å². The quantitative estimate of drug-likeness (QED) is 0.231. The van der Waals surface area contributed by atoms with E-state index in [-0.39, 0.29) is 22.3 Å². The van der Waals surface area contributed by atoms with Gasteiger partial charge in [0.2, 0.25) is 11.6 Å². The Morgan fingerprint density at radius 3 is 2.24 bits per heavy atom. The summed E-state index contributed by atoms with van der Waals surface area (Å²) in [6.07, 6.45) is -3.55. The molecule has 3 rings (SSSR count). The van der Waals surface area contributed by atoms with E-state index in [4.69, 9.17) is 11.6 Å². The maximum atomic E-state index is 13.0. The second-order valence-corrected chi connectivity index (χ2v) is 7.28. The van der Waals surface area contributed by atoms with Crippen molar-refractivity contribution in [1.82, 2.24) is 9.97 Å². The van der Waals surface area contributed by atoms with Gasteiger partial charge < -0.3 is 10.6 Å². The van der Waals surface area contributed by atoms with Crippen LogP contribution in [0.4, 0.5) is 41.9 Å². The van der Waals surface area contributed by atoms with Crippen molar-refractivity contribution in [1.29, 1.82) is 0 Å². The lowest BCUT2D eigenvalue weighted by molar-refractivity contribution is -0.383. The van der Waals surface area contributed by atoms with Gasteiger partial charge in [0.1, 0.15) is 6.33 Å². The molecule has 2 aromatic carbocycles. The van der Waals surface area contributed by atoms with Gasteiger partial charge in [-0.25, -0.2) is 9.97 Å². The highest BCUT2D eigenvalue weighted by molar-refractivity contribution is 14.1. The van der Waals surface area contributed by atoms with Gasteiger partial charge in [0.25, 0.3) is 0 Å². The summed E-state index contributed by atoms with van der Waals surface area (Å²) in [4.78, 5) is 18.6. The van der Waals surface area contributed by atoms with Gasteiger partial charge >= 0.3 is 11.9 Å². The van der Waals surface area contributed by atoms with Crippen LogP contribution < -0.4 is 10.6 Å². The van der Waals surface area contributed by atoms with Crippen molar-refractivity contribution in [2.45, 2.75) is 6.18 Å². The highest BCUT2D eigenvalue weighted by Crippen LogP contribution is 2.37. The Morgan fingerprint density at radius 1 is 1.03 bits per heavy atom.